The Morgan fingerprint density at radius 1 is 1.38 bits per heavy atom. The third kappa shape index (κ3) is 2.48. The molecule has 0 radical (unpaired) electrons. The molecular formula is C13H15NO2. The summed E-state index contributed by atoms with van der Waals surface area (Å²) in [4.78, 5) is 15.9. The van der Waals surface area contributed by atoms with Gasteiger partial charge in [0.1, 0.15) is 6.61 Å². The van der Waals surface area contributed by atoms with Crippen LogP contribution in [0.3, 0.4) is 0 Å². The van der Waals surface area contributed by atoms with Crippen molar-refractivity contribution >= 4 is 11.7 Å². The van der Waals surface area contributed by atoms with Gasteiger partial charge in [-0.05, 0) is 12.0 Å². The second kappa shape index (κ2) is 4.92. The molecule has 1 aromatic rings. The van der Waals surface area contributed by atoms with E-state index >= 15 is 0 Å². The number of hydrogen-bond acceptors (Lipinski definition) is 3. The molecule has 0 atom stereocenters. The van der Waals surface area contributed by atoms with Crippen LogP contribution in [0.25, 0.3) is 0 Å². The van der Waals surface area contributed by atoms with Crippen LogP contribution in [-0.4, -0.2) is 24.8 Å². The van der Waals surface area contributed by atoms with E-state index in [9.17, 15) is 4.79 Å². The van der Waals surface area contributed by atoms with Crippen molar-refractivity contribution in [3.05, 3.63) is 35.4 Å². The largest absolute Gasteiger partial charge is 0.479 e. The maximum Gasteiger partial charge on any atom is 0.191 e. The van der Waals surface area contributed by atoms with Crippen molar-refractivity contribution < 1.29 is 9.53 Å². The molecule has 0 bridgehead atoms. The molecule has 0 saturated carbocycles. The normalized spacial score (nSPS) is 14.4. The van der Waals surface area contributed by atoms with Crippen LogP contribution >= 0.6 is 0 Å². The minimum Gasteiger partial charge on any atom is -0.479 e. The highest BCUT2D eigenvalue weighted by molar-refractivity contribution is 6.07. The van der Waals surface area contributed by atoms with E-state index in [1.54, 1.807) is 0 Å². The summed E-state index contributed by atoms with van der Waals surface area (Å²) in [7, 11) is 0. The van der Waals surface area contributed by atoms with E-state index in [0.29, 0.717) is 19.0 Å². The van der Waals surface area contributed by atoms with E-state index in [1.807, 2.05) is 24.3 Å². The van der Waals surface area contributed by atoms with Crippen LogP contribution in [0.2, 0.25) is 0 Å². The monoisotopic (exact) mass is 217 g/mol. The van der Waals surface area contributed by atoms with Gasteiger partial charge >= 0.3 is 0 Å². The van der Waals surface area contributed by atoms with Gasteiger partial charge in [0.15, 0.2) is 11.7 Å². The Labute approximate surface area is 95.2 Å². The zero-order valence-corrected chi connectivity index (χ0v) is 9.40. The van der Waals surface area contributed by atoms with Crippen LogP contribution in [-0.2, 0) is 11.2 Å². The van der Waals surface area contributed by atoms with Gasteiger partial charge in [0, 0.05) is 5.56 Å². The molecule has 0 aliphatic carbocycles. The minimum atomic E-state index is 0.0725. The van der Waals surface area contributed by atoms with Crippen molar-refractivity contribution in [2.75, 3.05) is 13.2 Å². The first kappa shape index (κ1) is 10.9. The number of Topliss-reactive ketones (excluding diaryl/α,β-unsaturated/α-hetero) is 1. The molecule has 0 amide bonds. The molecule has 16 heavy (non-hydrogen) atoms. The molecule has 0 N–H and O–H groups in total. The molecule has 1 aliphatic heterocycles. The van der Waals surface area contributed by atoms with E-state index in [-0.39, 0.29) is 12.2 Å². The maximum absolute atomic E-state index is 11.8. The van der Waals surface area contributed by atoms with Gasteiger partial charge in [-0.3, -0.25) is 9.79 Å². The molecule has 2 rings (SSSR count). The van der Waals surface area contributed by atoms with Crippen molar-refractivity contribution in [2.24, 2.45) is 4.99 Å². The number of aryl methyl sites for hydroxylation is 1. The zero-order valence-electron chi connectivity index (χ0n) is 9.40. The number of ether oxygens (including phenoxy) is 1. The lowest BCUT2D eigenvalue weighted by Crippen LogP contribution is -2.08. The minimum absolute atomic E-state index is 0.0725. The molecule has 0 spiro atoms. The summed E-state index contributed by atoms with van der Waals surface area (Å²) in [5, 5.41) is 0. The number of benzene rings is 1. The Bertz CT molecular complexity index is 406. The van der Waals surface area contributed by atoms with E-state index < -0.39 is 0 Å². The summed E-state index contributed by atoms with van der Waals surface area (Å²) in [5.74, 6) is 0.646. The van der Waals surface area contributed by atoms with Gasteiger partial charge < -0.3 is 4.74 Å². The summed E-state index contributed by atoms with van der Waals surface area (Å²) in [6, 6.07) is 7.72. The first-order valence-corrected chi connectivity index (χ1v) is 5.58. The van der Waals surface area contributed by atoms with Crippen molar-refractivity contribution in [2.45, 2.75) is 19.8 Å². The molecule has 0 unspecified atom stereocenters. The summed E-state index contributed by atoms with van der Waals surface area (Å²) < 4.78 is 5.22. The molecule has 1 heterocycles. The van der Waals surface area contributed by atoms with Gasteiger partial charge in [0.05, 0.1) is 13.0 Å². The Balaban J connectivity index is 2.02. The lowest BCUT2D eigenvalue weighted by Gasteiger charge is -2.02. The van der Waals surface area contributed by atoms with Gasteiger partial charge in [0.25, 0.3) is 0 Å². The topological polar surface area (TPSA) is 38.7 Å². The predicted octanol–water partition coefficient (Wildman–Crippen LogP) is 2.25. The van der Waals surface area contributed by atoms with Crippen molar-refractivity contribution in [1.82, 2.24) is 0 Å². The second-order valence-corrected chi connectivity index (χ2v) is 3.77. The molecule has 1 aromatic carbocycles. The van der Waals surface area contributed by atoms with E-state index in [1.165, 1.54) is 5.56 Å². The number of rotatable bonds is 4. The molecule has 1 aliphatic rings. The number of nitrogens with zero attached hydrogens (tertiary/aromatic N) is 1. The highest BCUT2D eigenvalue weighted by atomic mass is 16.5. The number of carbonyl (C=O) groups excluding carboxylic acids is 1. The summed E-state index contributed by atoms with van der Waals surface area (Å²) in [5.41, 5.74) is 1.97. The van der Waals surface area contributed by atoms with E-state index in [2.05, 4.69) is 11.9 Å². The van der Waals surface area contributed by atoms with Gasteiger partial charge in [-0.15, -0.1) is 0 Å². The van der Waals surface area contributed by atoms with E-state index in [4.69, 9.17) is 4.74 Å². The number of carbonyl (C=O) groups is 1. The number of aliphatic imine (C=N–C) groups is 1. The number of ketones is 1. The van der Waals surface area contributed by atoms with Crippen LogP contribution in [0, 0.1) is 0 Å². The molecule has 0 aromatic heterocycles. The molecule has 3 heteroatoms. The quantitative estimate of drug-likeness (QED) is 0.725. The molecule has 84 valence electrons. The second-order valence-electron chi connectivity index (χ2n) is 3.77. The summed E-state index contributed by atoms with van der Waals surface area (Å²) in [6.45, 7) is 3.38. The fourth-order valence-corrected chi connectivity index (χ4v) is 1.65. The third-order valence-corrected chi connectivity index (χ3v) is 2.64. The van der Waals surface area contributed by atoms with Gasteiger partial charge in [-0.25, -0.2) is 0 Å². The highest BCUT2D eigenvalue weighted by Gasteiger charge is 2.14. The summed E-state index contributed by atoms with van der Waals surface area (Å²) >= 11 is 0. The fraction of sp³-hybridized carbons (Fsp3) is 0.385. The smallest absolute Gasteiger partial charge is 0.191 e. The Morgan fingerprint density at radius 3 is 2.69 bits per heavy atom. The average Bonchev–Trinajstić information content (AvgIpc) is 2.82. The van der Waals surface area contributed by atoms with Crippen molar-refractivity contribution in [3.63, 3.8) is 0 Å². The standard InChI is InChI=1S/C13H15NO2/c1-2-10-3-5-11(6-4-10)12(15)9-13-14-7-8-16-13/h3-6H,2,7-9H2,1H3. The van der Waals surface area contributed by atoms with Crippen molar-refractivity contribution in [1.29, 1.82) is 0 Å². The van der Waals surface area contributed by atoms with Crippen LogP contribution in [0.5, 0.6) is 0 Å². The van der Waals surface area contributed by atoms with Gasteiger partial charge in [-0.1, -0.05) is 31.2 Å². The van der Waals surface area contributed by atoms with Crippen LogP contribution in [0.1, 0.15) is 29.3 Å². The first-order valence-electron chi connectivity index (χ1n) is 5.58. The van der Waals surface area contributed by atoms with Gasteiger partial charge in [0.2, 0.25) is 0 Å². The lowest BCUT2D eigenvalue weighted by atomic mass is 10.1. The lowest BCUT2D eigenvalue weighted by molar-refractivity contribution is 0.0994. The highest BCUT2D eigenvalue weighted by Crippen LogP contribution is 2.09. The Morgan fingerprint density at radius 2 is 2.12 bits per heavy atom. The average molecular weight is 217 g/mol. The fourth-order valence-electron chi connectivity index (χ4n) is 1.65. The zero-order chi connectivity index (χ0) is 11.4. The maximum atomic E-state index is 11.8. The first-order chi connectivity index (χ1) is 7.79. The predicted molar refractivity (Wildman–Crippen MR) is 63.0 cm³/mol. The van der Waals surface area contributed by atoms with Crippen LogP contribution < -0.4 is 0 Å². The summed E-state index contributed by atoms with van der Waals surface area (Å²) in [6.07, 6.45) is 1.27. The third-order valence-electron chi connectivity index (χ3n) is 2.64. The van der Waals surface area contributed by atoms with Crippen molar-refractivity contribution in [3.8, 4) is 0 Å². The molecule has 0 fully saturated rings. The molecular weight excluding hydrogens is 202 g/mol. The molecule has 3 nitrogen and oxygen atoms in total. The van der Waals surface area contributed by atoms with Gasteiger partial charge in [-0.2, -0.15) is 0 Å². The van der Waals surface area contributed by atoms with Crippen LogP contribution in [0.4, 0.5) is 0 Å². The van der Waals surface area contributed by atoms with Crippen LogP contribution in [0.15, 0.2) is 29.3 Å². The molecule has 0 saturated heterocycles. The Hall–Kier alpha value is -1.64. The SMILES string of the molecule is CCc1ccc(C(=O)CC2=NCCO2)cc1. The number of hydrogen-bond donors (Lipinski definition) is 0. The Kier molecular flexibility index (Phi) is 3.34. The van der Waals surface area contributed by atoms with E-state index in [0.717, 1.165) is 12.0 Å².